The topological polar surface area (TPSA) is 58.6 Å². The fraction of sp³-hybridized carbons (Fsp3) is 0.529. The maximum Gasteiger partial charge on any atom is 0.307 e. The Bertz CT molecular complexity index is 498. The normalized spacial score (nSPS) is 17.7. The lowest BCUT2D eigenvalue weighted by molar-refractivity contribution is -0.141. The molecule has 0 spiro atoms. The molecule has 0 bridgehead atoms. The summed E-state index contributed by atoms with van der Waals surface area (Å²) in [5.41, 5.74) is 0.993. The molecule has 22 heavy (non-hydrogen) atoms. The molecule has 120 valence electrons. The van der Waals surface area contributed by atoms with Crippen molar-refractivity contribution in [3.8, 4) is 0 Å². The Balaban J connectivity index is 2.08. The first-order valence-electron chi connectivity index (χ1n) is 7.78. The van der Waals surface area contributed by atoms with Crippen LogP contribution in [0.1, 0.15) is 37.8 Å². The van der Waals surface area contributed by atoms with E-state index in [1.165, 1.54) is 7.11 Å². The maximum atomic E-state index is 12.7. The van der Waals surface area contributed by atoms with Gasteiger partial charge in [0.25, 0.3) is 0 Å². The van der Waals surface area contributed by atoms with E-state index in [1.54, 1.807) is 0 Å². The molecular formula is C17H24N2O3. The van der Waals surface area contributed by atoms with Gasteiger partial charge < -0.3 is 10.1 Å². The SMILES string of the molecule is COC(=O)C[C@H](C)NC(=O)[C@@H](c1ccccc1)N1CCCC1. The quantitative estimate of drug-likeness (QED) is 0.815. The number of hydrogen-bond acceptors (Lipinski definition) is 4. The predicted molar refractivity (Wildman–Crippen MR) is 84.2 cm³/mol. The second-order valence-electron chi connectivity index (χ2n) is 5.75. The molecule has 1 heterocycles. The monoisotopic (exact) mass is 304 g/mol. The third-order valence-electron chi connectivity index (χ3n) is 3.96. The average molecular weight is 304 g/mol. The van der Waals surface area contributed by atoms with Gasteiger partial charge in [0, 0.05) is 6.04 Å². The Morgan fingerprint density at radius 3 is 2.45 bits per heavy atom. The van der Waals surface area contributed by atoms with Crippen LogP contribution in [0, 0.1) is 0 Å². The highest BCUT2D eigenvalue weighted by atomic mass is 16.5. The fourth-order valence-electron chi connectivity index (χ4n) is 2.87. The predicted octanol–water partition coefficient (Wildman–Crippen LogP) is 1.89. The van der Waals surface area contributed by atoms with E-state index < -0.39 is 0 Å². The average Bonchev–Trinajstić information content (AvgIpc) is 3.02. The number of nitrogens with one attached hydrogen (secondary N) is 1. The highest BCUT2D eigenvalue weighted by Gasteiger charge is 2.30. The zero-order valence-electron chi connectivity index (χ0n) is 13.2. The van der Waals surface area contributed by atoms with Gasteiger partial charge in [-0.3, -0.25) is 14.5 Å². The Hall–Kier alpha value is -1.88. The molecule has 2 rings (SSSR count). The molecule has 1 fully saturated rings. The van der Waals surface area contributed by atoms with Crippen molar-refractivity contribution in [1.82, 2.24) is 10.2 Å². The third-order valence-corrected chi connectivity index (χ3v) is 3.96. The summed E-state index contributed by atoms with van der Waals surface area (Å²) in [5, 5.41) is 2.94. The first-order chi connectivity index (χ1) is 10.6. The molecule has 0 radical (unpaired) electrons. The molecule has 0 aromatic heterocycles. The van der Waals surface area contributed by atoms with Crippen LogP contribution in [0.5, 0.6) is 0 Å². The number of likely N-dealkylation sites (tertiary alicyclic amines) is 1. The van der Waals surface area contributed by atoms with Gasteiger partial charge in [-0.25, -0.2) is 0 Å². The molecule has 5 nitrogen and oxygen atoms in total. The van der Waals surface area contributed by atoms with E-state index in [0.29, 0.717) is 0 Å². The van der Waals surface area contributed by atoms with Gasteiger partial charge >= 0.3 is 5.97 Å². The number of ether oxygens (including phenoxy) is 1. The van der Waals surface area contributed by atoms with Crippen LogP contribution < -0.4 is 5.32 Å². The van der Waals surface area contributed by atoms with Crippen molar-refractivity contribution < 1.29 is 14.3 Å². The van der Waals surface area contributed by atoms with Gasteiger partial charge in [-0.15, -0.1) is 0 Å². The zero-order valence-corrected chi connectivity index (χ0v) is 13.2. The summed E-state index contributed by atoms with van der Waals surface area (Å²) in [5.74, 6) is -0.366. The van der Waals surface area contributed by atoms with E-state index in [2.05, 4.69) is 15.0 Å². The number of carbonyl (C=O) groups is 2. The molecule has 1 aromatic carbocycles. The molecule has 0 unspecified atom stereocenters. The van der Waals surface area contributed by atoms with Crippen LogP contribution in [0.4, 0.5) is 0 Å². The first kappa shape index (κ1) is 16.5. The van der Waals surface area contributed by atoms with E-state index in [9.17, 15) is 9.59 Å². The van der Waals surface area contributed by atoms with E-state index in [0.717, 1.165) is 31.5 Å². The number of esters is 1. The number of nitrogens with zero attached hydrogens (tertiary/aromatic N) is 1. The summed E-state index contributed by atoms with van der Waals surface area (Å²) in [6, 6.07) is 9.27. The van der Waals surface area contributed by atoms with E-state index in [1.807, 2.05) is 37.3 Å². The standard InChI is InChI=1S/C17H24N2O3/c1-13(12-15(20)22-2)18-17(21)16(19-10-6-7-11-19)14-8-4-3-5-9-14/h3-5,8-9,13,16H,6-7,10-12H2,1-2H3,(H,18,21)/t13-,16+/m0/s1. The Kier molecular flexibility index (Phi) is 5.95. The van der Waals surface area contributed by atoms with Crippen LogP contribution >= 0.6 is 0 Å². The number of methoxy groups -OCH3 is 1. The molecule has 5 heteroatoms. The van der Waals surface area contributed by atoms with Gasteiger partial charge in [-0.05, 0) is 38.4 Å². The van der Waals surface area contributed by atoms with Crippen molar-refractivity contribution in [3.05, 3.63) is 35.9 Å². The van der Waals surface area contributed by atoms with Crippen LogP contribution in [0.15, 0.2) is 30.3 Å². The summed E-state index contributed by atoms with van der Waals surface area (Å²) >= 11 is 0. The number of rotatable bonds is 6. The fourth-order valence-corrected chi connectivity index (χ4v) is 2.87. The minimum absolute atomic E-state index is 0.0514. The van der Waals surface area contributed by atoms with Crippen LogP contribution in [-0.4, -0.2) is 43.0 Å². The smallest absolute Gasteiger partial charge is 0.307 e. The molecule has 1 aliphatic rings. The molecule has 2 atom stereocenters. The van der Waals surface area contributed by atoms with Gasteiger partial charge in [-0.2, -0.15) is 0 Å². The number of hydrogen-bond donors (Lipinski definition) is 1. The van der Waals surface area contributed by atoms with Crippen LogP contribution in [-0.2, 0) is 14.3 Å². The zero-order chi connectivity index (χ0) is 15.9. The second-order valence-corrected chi connectivity index (χ2v) is 5.75. The van der Waals surface area contributed by atoms with Crippen molar-refractivity contribution in [2.75, 3.05) is 20.2 Å². The van der Waals surface area contributed by atoms with E-state index in [-0.39, 0.29) is 30.4 Å². The molecule has 1 N–H and O–H groups in total. The van der Waals surface area contributed by atoms with Crippen molar-refractivity contribution in [2.45, 2.75) is 38.3 Å². The van der Waals surface area contributed by atoms with Gasteiger partial charge in [0.2, 0.25) is 5.91 Å². The maximum absolute atomic E-state index is 12.7. The summed E-state index contributed by atoms with van der Waals surface area (Å²) in [4.78, 5) is 26.2. The highest BCUT2D eigenvalue weighted by molar-refractivity contribution is 5.84. The van der Waals surface area contributed by atoms with Crippen LogP contribution in [0.2, 0.25) is 0 Å². The minimum atomic E-state index is -0.315. The Morgan fingerprint density at radius 2 is 1.86 bits per heavy atom. The number of amides is 1. The van der Waals surface area contributed by atoms with Crippen LogP contribution in [0.25, 0.3) is 0 Å². The van der Waals surface area contributed by atoms with Crippen molar-refractivity contribution in [1.29, 1.82) is 0 Å². The van der Waals surface area contributed by atoms with Crippen LogP contribution in [0.3, 0.4) is 0 Å². The minimum Gasteiger partial charge on any atom is -0.469 e. The molecular weight excluding hydrogens is 280 g/mol. The molecule has 1 aliphatic heterocycles. The van der Waals surface area contributed by atoms with Crippen molar-refractivity contribution in [2.24, 2.45) is 0 Å². The number of carbonyl (C=O) groups excluding carboxylic acids is 2. The number of benzene rings is 1. The lowest BCUT2D eigenvalue weighted by Gasteiger charge is -2.28. The summed E-state index contributed by atoms with van der Waals surface area (Å²) in [7, 11) is 1.36. The lowest BCUT2D eigenvalue weighted by Crippen LogP contribution is -2.43. The van der Waals surface area contributed by atoms with Crippen molar-refractivity contribution in [3.63, 3.8) is 0 Å². The Morgan fingerprint density at radius 1 is 1.23 bits per heavy atom. The second kappa shape index (κ2) is 7.94. The lowest BCUT2D eigenvalue weighted by atomic mass is 10.0. The molecule has 1 amide bonds. The van der Waals surface area contributed by atoms with E-state index >= 15 is 0 Å². The van der Waals surface area contributed by atoms with Crippen molar-refractivity contribution >= 4 is 11.9 Å². The highest BCUT2D eigenvalue weighted by Crippen LogP contribution is 2.25. The molecule has 0 saturated carbocycles. The third kappa shape index (κ3) is 4.31. The summed E-state index contributed by atoms with van der Waals surface area (Å²) in [6.07, 6.45) is 2.42. The summed E-state index contributed by atoms with van der Waals surface area (Å²) in [6.45, 7) is 3.68. The molecule has 1 saturated heterocycles. The first-order valence-corrected chi connectivity index (χ1v) is 7.78. The van der Waals surface area contributed by atoms with Gasteiger partial charge in [0.1, 0.15) is 6.04 Å². The summed E-state index contributed by atoms with van der Waals surface area (Å²) < 4.78 is 4.65. The largest absolute Gasteiger partial charge is 0.469 e. The van der Waals surface area contributed by atoms with Gasteiger partial charge in [0.05, 0.1) is 13.5 Å². The van der Waals surface area contributed by atoms with Gasteiger partial charge in [0.15, 0.2) is 0 Å². The van der Waals surface area contributed by atoms with Gasteiger partial charge in [-0.1, -0.05) is 30.3 Å². The molecule has 1 aromatic rings. The Labute approximate surface area is 131 Å². The molecule has 0 aliphatic carbocycles. The van der Waals surface area contributed by atoms with E-state index in [4.69, 9.17) is 0 Å².